The van der Waals surface area contributed by atoms with Gasteiger partial charge in [0.2, 0.25) is 0 Å². The summed E-state index contributed by atoms with van der Waals surface area (Å²) in [5, 5.41) is 0. The molecule has 1 aromatic rings. The molecule has 1 aromatic heterocycles. The molecule has 0 spiro atoms. The lowest BCUT2D eigenvalue weighted by Crippen LogP contribution is -2.33. The van der Waals surface area contributed by atoms with Crippen molar-refractivity contribution < 1.29 is 4.74 Å². The van der Waals surface area contributed by atoms with E-state index in [4.69, 9.17) is 22.7 Å². The van der Waals surface area contributed by atoms with Crippen LogP contribution >= 0.6 is 12.2 Å². The molecule has 2 heterocycles. The topological polar surface area (TPSA) is 51.4 Å². The molecule has 1 atom stereocenters. The lowest BCUT2D eigenvalue weighted by Gasteiger charge is -2.28. The molecule has 5 heteroatoms. The van der Waals surface area contributed by atoms with E-state index in [-0.39, 0.29) is 0 Å². The first-order chi connectivity index (χ1) is 8.66. The first-order valence-electron chi connectivity index (χ1n) is 6.25. The smallest absolute Gasteiger partial charge is 0.128 e. The number of aromatic nitrogens is 1. The van der Waals surface area contributed by atoms with E-state index in [2.05, 4.69) is 9.88 Å². The van der Waals surface area contributed by atoms with E-state index in [0.29, 0.717) is 11.1 Å². The number of hydrogen-bond acceptors (Lipinski definition) is 4. The Hall–Kier alpha value is -1.20. The molecule has 0 aliphatic carbocycles. The molecule has 1 fully saturated rings. The minimum atomic E-state index is 0.305. The van der Waals surface area contributed by atoms with Gasteiger partial charge in [-0.2, -0.15) is 0 Å². The standard InChI is InChI=1S/C13H19N3OS/c1-16(9-11-4-2-3-7-17-11)12-8-10(13(14)18)5-6-15-12/h5-6,8,11H,2-4,7,9H2,1H3,(H2,14,18). The monoisotopic (exact) mass is 265 g/mol. The fraction of sp³-hybridized carbons (Fsp3) is 0.538. The Balaban J connectivity index is 2.01. The third-order valence-electron chi connectivity index (χ3n) is 3.17. The maximum atomic E-state index is 5.73. The van der Waals surface area contributed by atoms with E-state index in [9.17, 15) is 0 Å². The van der Waals surface area contributed by atoms with Crippen LogP contribution in [0, 0.1) is 0 Å². The average molecular weight is 265 g/mol. The van der Waals surface area contributed by atoms with Crippen molar-refractivity contribution in [1.82, 2.24) is 4.98 Å². The second-order valence-electron chi connectivity index (χ2n) is 4.64. The maximum Gasteiger partial charge on any atom is 0.128 e. The van der Waals surface area contributed by atoms with Gasteiger partial charge in [0.25, 0.3) is 0 Å². The van der Waals surface area contributed by atoms with Crippen LogP contribution in [0.5, 0.6) is 0 Å². The van der Waals surface area contributed by atoms with Gasteiger partial charge in [0.15, 0.2) is 0 Å². The van der Waals surface area contributed by atoms with Crippen LogP contribution in [0.4, 0.5) is 5.82 Å². The van der Waals surface area contributed by atoms with Crippen LogP contribution in [0.25, 0.3) is 0 Å². The molecule has 2 N–H and O–H groups in total. The summed E-state index contributed by atoms with van der Waals surface area (Å²) in [4.78, 5) is 6.84. The number of likely N-dealkylation sites (N-methyl/N-ethyl adjacent to an activating group) is 1. The van der Waals surface area contributed by atoms with Crippen molar-refractivity contribution in [3.63, 3.8) is 0 Å². The van der Waals surface area contributed by atoms with E-state index >= 15 is 0 Å². The second-order valence-corrected chi connectivity index (χ2v) is 5.08. The Morgan fingerprint density at radius 2 is 2.44 bits per heavy atom. The SMILES string of the molecule is CN(CC1CCCCO1)c1cc(C(N)=S)ccn1. The van der Waals surface area contributed by atoms with Crippen molar-refractivity contribution >= 4 is 23.0 Å². The third kappa shape index (κ3) is 3.40. The highest BCUT2D eigenvalue weighted by Gasteiger charge is 2.16. The van der Waals surface area contributed by atoms with Gasteiger partial charge in [0, 0.05) is 32.0 Å². The fourth-order valence-electron chi connectivity index (χ4n) is 2.13. The molecule has 2 rings (SSSR count). The number of pyridine rings is 1. The van der Waals surface area contributed by atoms with Gasteiger partial charge in [0.05, 0.1) is 6.10 Å². The first kappa shape index (κ1) is 13.2. The summed E-state index contributed by atoms with van der Waals surface area (Å²) in [7, 11) is 2.02. The van der Waals surface area contributed by atoms with Crippen LogP contribution in [-0.2, 0) is 4.74 Å². The number of nitrogens with zero attached hydrogens (tertiary/aromatic N) is 2. The quantitative estimate of drug-likeness (QED) is 0.840. The number of anilines is 1. The zero-order valence-corrected chi connectivity index (χ0v) is 11.4. The average Bonchev–Trinajstić information content (AvgIpc) is 2.40. The Morgan fingerprint density at radius 3 is 3.11 bits per heavy atom. The highest BCUT2D eigenvalue weighted by Crippen LogP contribution is 2.17. The largest absolute Gasteiger partial charge is 0.389 e. The van der Waals surface area contributed by atoms with Crippen LogP contribution in [0.3, 0.4) is 0 Å². The highest BCUT2D eigenvalue weighted by molar-refractivity contribution is 7.80. The lowest BCUT2D eigenvalue weighted by atomic mass is 10.1. The van der Waals surface area contributed by atoms with E-state index in [1.165, 1.54) is 12.8 Å². The molecule has 0 aromatic carbocycles. The molecule has 4 nitrogen and oxygen atoms in total. The first-order valence-corrected chi connectivity index (χ1v) is 6.66. The van der Waals surface area contributed by atoms with Gasteiger partial charge >= 0.3 is 0 Å². The number of nitrogens with two attached hydrogens (primary N) is 1. The molecular weight excluding hydrogens is 246 g/mol. The van der Waals surface area contributed by atoms with Gasteiger partial charge in [-0.15, -0.1) is 0 Å². The van der Waals surface area contributed by atoms with Gasteiger partial charge in [-0.3, -0.25) is 0 Å². The summed E-state index contributed by atoms with van der Waals surface area (Å²) in [6.45, 7) is 1.73. The van der Waals surface area contributed by atoms with Crippen LogP contribution in [0.1, 0.15) is 24.8 Å². The van der Waals surface area contributed by atoms with Crippen molar-refractivity contribution in [2.24, 2.45) is 5.73 Å². The van der Waals surface area contributed by atoms with E-state index < -0.39 is 0 Å². The van der Waals surface area contributed by atoms with E-state index in [1.54, 1.807) is 6.20 Å². The van der Waals surface area contributed by atoms with Crippen molar-refractivity contribution in [2.45, 2.75) is 25.4 Å². The van der Waals surface area contributed by atoms with Crippen LogP contribution in [0.15, 0.2) is 18.3 Å². The van der Waals surface area contributed by atoms with E-state index in [1.807, 2.05) is 19.2 Å². The molecule has 0 bridgehead atoms. The number of hydrogen-bond donors (Lipinski definition) is 1. The predicted molar refractivity (Wildman–Crippen MR) is 77.0 cm³/mol. The normalized spacial score (nSPS) is 19.5. The number of ether oxygens (including phenoxy) is 1. The lowest BCUT2D eigenvalue weighted by molar-refractivity contribution is 0.0215. The molecular formula is C13H19N3OS. The summed E-state index contributed by atoms with van der Waals surface area (Å²) in [6, 6.07) is 3.75. The third-order valence-corrected chi connectivity index (χ3v) is 3.41. The molecule has 1 aliphatic rings. The van der Waals surface area contributed by atoms with Gasteiger partial charge in [-0.05, 0) is 31.4 Å². The molecule has 1 unspecified atom stereocenters. The fourth-order valence-corrected chi connectivity index (χ4v) is 2.26. The van der Waals surface area contributed by atoms with Crippen molar-refractivity contribution in [3.8, 4) is 0 Å². The minimum absolute atomic E-state index is 0.305. The van der Waals surface area contributed by atoms with Crippen molar-refractivity contribution in [2.75, 3.05) is 25.1 Å². The zero-order chi connectivity index (χ0) is 13.0. The Bertz CT molecular complexity index is 418. The molecule has 0 amide bonds. The van der Waals surface area contributed by atoms with Crippen molar-refractivity contribution in [3.05, 3.63) is 23.9 Å². The molecule has 0 saturated carbocycles. The zero-order valence-electron chi connectivity index (χ0n) is 10.6. The number of thiocarbonyl (C=S) groups is 1. The van der Waals surface area contributed by atoms with Crippen LogP contribution in [0.2, 0.25) is 0 Å². The second kappa shape index (κ2) is 6.11. The van der Waals surface area contributed by atoms with Crippen LogP contribution < -0.4 is 10.6 Å². The van der Waals surface area contributed by atoms with Crippen LogP contribution in [-0.4, -0.2) is 36.3 Å². The predicted octanol–water partition coefficient (Wildman–Crippen LogP) is 1.72. The number of rotatable bonds is 4. The van der Waals surface area contributed by atoms with E-state index in [0.717, 1.165) is 31.0 Å². The Labute approximate surface area is 113 Å². The molecule has 1 saturated heterocycles. The highest BCUT2D eigenvalue weighted by atomic mass is 32.1. The van der Waals surface area contributed by atoms with Crippen molar-refractivity contribution in [1.29, 1.82) is 0 Å². The minimum Gasteiger partial charge on any atom is -0.389 e. The Morgan fingerprint density at radius 1 is 1.61 bits per heavy atom. The molecule has 1 aliphatic heterocycles. The van der Waals surface area contributed by atoms with Gasteiger partial charge in [-0.1, -0.05) is 12.2 Å². The van der Waals surface area contributed by atoms with Gasteiger partial charge in [0.1, 0.15) is 10.8 Å². The Kier molecular flexibility index (Phi) is 4.49. The summed E-state index contributed by atoms with van der Waals surface area (Å²) in [5.41, 5.74) is 6.48. The summed E-state index contributed by atoms with van der Waals surface area (Å²) < 4.78 is 5.73. The summed E-state index contributed by atoms with van der Waals surface area (Å²) in [6.07, 6.45) is 5.59. The summed E-state index contributed by atoms with van der Waals surface area (Å²) in [5.74, 6) is 0.884. The molecule has 18 heavy (non-hydrogen) atoms. The molecule has 0 radical (unpaired) electrons. The van der Waals surface area contributed by atoms with Gasteiger partial charge < -0.3 is 15.4 Å². The van der Waals surface area contributed by atoms with Gasteiger partial charge in [-0.25, -0.2) is 4.98 Å². The summed E-state index contributed by atoms with van der Waals surface area (Å²) >= 11 is 4.98. The molecule has 98 valence electrons. The maximum absolute atomic E-state index is 5.73.